The summed E-state index contributed by atoms with van der Waals surface area (Å²) in [4.78, 5) is 22.5. The third-order valence-corrected chi connectivity index (χ3v) is 3.59. The maximum absolute atomic E-state index is 12.8. The van der Waals surface area contributed by atoms with Crippen molar-refractivity contribution in [2.75, 3.05) is 39.0 Å². The Kier molecular flexibility index (Phi) is 7.28. The third-order valence-electron chi connectivity index (χ3n) is 3.59. The molecule has 0 radical (unpaired) electrons. The summed E-state index contributed by atoms with van der Waals surface area (Å²) in [5.74, 6) is 0.119. The zero-order chi connectivity index (χ0) is 18.1. The van der Waals surface area contributed by atoms with Crippen molar-refractivity contribution in [1.82, 2.24) is 20.2 Å². The van der Waals surface area contributed by atoms with E-state index in [9.17, 15) is 9.18 Å². The lowest BCUT2D eigenvalue weighted by Gasteiger charge is -2.10. The summed E-state index contributed by atoms with van der Waals surface area (Å²) in [6, 6.07) is 6.23. The van der Waals surface area contributed by atoms with Crippen molar-refractivity contribution in [3.05, 3.63) is 53.7 Å². The maximum Gasteiger partial charge on any atom is 0.271 e. The molecule has 1 aromatic heterocycles. The van der Waals surface area contributed by atoms with E-state index >= 15 is 0 Å². The average molecular weight is 345 g/mol. The highest BCUT2D eigenvalue weighted by Crippen LogP contribution is 2.04. The van der Waals surface area contributed by atoms with Gasteiger partial charge >= 0.3 is 0 Å². The summed E-state index contributed by atoms with van der Waals surface area (Å²) in [6.07, 6.45) is 4.65. The Morgan fingerprint density at radius 1 is 1.12 bits per heavy atom. The molecule has 0 aliphatic rings. The number of nitrogens with zero attached hydrogens (tertiary/aromatic N) is 3. The molecular weight excluding hydrogens is 321 g/mol. The Bertz CT molecular complexity index is 658. The van der Waals surface area contributed by atoms with Crippen molar-refractivity contribution in [3.8, 4) is 0 Å². The summed E-state index contributed by atoms with van der Waals surface area (Å²) in [6.45, 7) is 2.25. The van der Waals surface area contributed by atoms with Crippen LogP contribution in [0.25, 0.3) is 0 Å². The SMILES string of the molecule is CN(C)CCCNc1cnc(C(=O)NCCc2ccc(F)cc2)cn1. The molecule has 2 rings (SSSR count). The van der Waals surface area contributed by atoms with Gasteiger partial charge in [0.05, 0.1) is 12.4 Å². The first kappa shape index (κ1) is 18.8. The molecule has 1 aromatic carbocycles. The average Bonchev–Trinajstić information content (AvgIpc) is 2.61. The molecule has 0 atom stereocenters. The van der Waals surface area contributed by atoms with Crippen LogP contribution >= 0.6 is 0 Å². The van der Waals surface area contributed by atoms with Crippen LogP contribution in [0, 0.1) is 5.82 Å². The first-order valence-corrected chi connectivity index (χ1v) is 8.28. The second-order valence-electron chi connectivity index (χ2n) is 6.00. The van der Waals surface area contributed by atoms with Gasteiger partial charge in [0.2, 0.25) is 0 Å². The number of benzene rings is 1. The van der Waals surface area contributed by atoms with Gasteiger partial charge in [0.15, 0.2) is 0 Å². The van der Waals surface area contributed by atoms with E-state index in [4.69, 9.17) is 0 Å². The Morgan fingerprint density at radius 3 is 2.52 bits per heavy atom. The van der Waals surface area contributed by atoms with Gasteiger partial charge in [0.1, 0.15) is 17.3 Å². The van der Waals surface area contributed by atoms with Gasteiger partial charge in [-0.15, -0.1) is 0 Å². The molecule has 2 N–H and O–H groups in total. The number of carbonyl (C=O) groups is 1. The first-order valence-electron chi connectivity index (χ1n) is 8.28. The minimum absolute atomic E-state index is 0.265. The standard InChI is InChI=1S/C18H24FN5O/c1-24(2)11-3-9-20-17-13-22-16(12-23-17)18(25)21-10-8-14-4-6-15(19)7-5-14/h4-7,12-13H,3,8-11H2,1-2H3,(H,20,23)(H,21,25). The molecule has 6 nitrogen and oxygen atoms in total. The van der Waals surface area contributed by atoms with Gasteiger partial charge in [-0.25, -0.2) is 14.4 Å². The van der Waals surface area contributed by atoms with Crippen molar-refractivity contribution >= 4 is 11.7 Å². The normalized spacial score (nSPS) is 10.7. The second kappa shape index (κ2) is 9.68. The number of rotatable bonds is 9. The highest BCUT2D eigenvalue weighted by atomic mass is 19.1. The van der Waals surface area contributed by atoms with Crippen LogP contribution in [0.2, 0.25) is 0 Å². The molecule has 0 aliphatic heterocycles. The van der Waals surface area contributed by atoms with Gasteiger partial charge in [-0.05, 0) is 51.2 Å². The molecular formula is C18H24FN5O. The molecule has 0 bridgehead atoms. The van der Waals surface area contributed by atoms with Crippen molar-refractivity contribution < 1.29 is 9.18 Å². The highest BCUT2D eigenvalue weighted by molar-refractivity contribution is 5.91. The van der Waals surface area contributed by atoms with Crippen LogP contribution < -0.4 is 10.6 Å². The maximum atomic E-state index is 12.8. The van der Waals surface area contributed by atoms with Gasteiger partial charge < -0.3 is 15.5 Å². The summed E-state index contributed by atoms with van der Waals surface area (Å²) in [5.41, 5.74) is 1.24. The number of nitrogens with one attached hydrogen (secondary N) is 2. The van der Waals surface area contributed by atoms with Gasteiger partial charge in [-0.1, -0.05) is 12.1 Å². The lowest BCUT2D eigenvalue weighted by atomic mass is 10.1. The van der Waals surface area contributed by atoms with Crippen molar-refractivity contribution in [3.63, 3.8) is 0 Å². The largest absolute Gasteiger partial charge is 0.369 e. The van der Waals surface area contributed by atoms with Crippen LogP contribution in [0.5, 0.6) is 0 Å². The number of amides is 1. The van der Waals surface area contributed by atoms with Crippen molar-refractivity contribution in [2.24, 2.45) is 0 Å². The summed E-state index contributed by atoms with van der Waals surface area (Å²) >= 11 is 0. The van der Waals surface area contributed by atoms with E-state index in [1.807, 2.05) is 14.1 Å². The molecule has 7 heteroatoms. The Hall–Kier alpha value is -2.54. The van der Waals surface area contributed by atoms with Crippen LogP contribution in [-0.4, -0.2) is 54.5 Å². The summed E-state index contributed by atoms with van der Waals surface area (Å²) < 4.78 is 12.8. The third kappa shape index (κ3) is 6.84. The predicted octanol–water partition coefficient (Wildman–Crippen LogP) is 1.95. The first-order chi connectivity index (χ1) is 12.0. The van der Waals surface area contributed by atoms with E-state index in [0.29, 0.717) is 18.8 Å². The zero-order valence-electron chi connectivity index (χ0n) is 14.6. The van der Waals surface area contributed by atoms with Crippen molar-refractivity contribution in [2.45, 2.75) is 12.8 Å². The Balaban J connectivity index is 1.73. The lowest BCUT2D eigenvalue weighted by Crippen LogP contribution is -2.26. The Morgan fingerprint density at radius 2 is 1.88 bits per heavy atom. The number of hydrogen-bond donors (Lipinski definition) is 2. The van der Waals surface area contributed by atoms with E-state index in [1.165, 1.54) is 18.3 Å². The molecule has 1 heterocycles. The molecule has 0 spiro atoms. The van der Waals surface area contributed by atoms with Gasteiger partial charge in [0, 0.05) is 13.1 Å². The monoisotopic (exact) mass is 345 g/mol. The van der Waals surface area contributed by atoms with Crippen LogP contribution in [0.1, 0.15) is 22.5 Å². The van der Waals surface area contributed by atoms with E-state index < -0.39 is 0 Å². The number of anilines is 1. The fourth-order valence-corrected chi connectivity index (χ4v) is 2.21. The van der Waals surface area contributed by atoms with E-state index in [-0.39, 0.29) is 17.4 Å². The van der Waals surface area contributed by atoms with Crippen LogP contribution in [0.4, 0.5) is 10.2 Å². The molecule has 0 aliphatic carbocycles. The zero-order valence-corrected chi connectivity index (χ0v) is 14.6. The van der Waals surface area contributed by atoms with Gasteiger partial charge in [-0.3, -0.25) is 4.79 Å². The minimum atomic E-state index is -0.270. The van der Waals surface area contributed by atoms with Gasteiger partial charge in [0.25, 0.3) is 5.91 Å². The molecule has 1 amide bonds. The quantitative estimate of drug-likeness (QED) is 0.680. The number of aromatic nitrogens is 2. The Labute approximate surface area is 147 Å². The van der Waals surface area contributed by atoms with E-state index in [1.54, 1.807) is 18.3 Å². The molecule has 0 saturated carbocycles. The van der Waals surface area contributed by atoms with E-state index in [2.05, 4.69) is 25.5 Å². The van der Waals surface area contributed by atoms with Crippen LogP contribution in [0.3, 0.4) is 0 Å². The van der Waals surface area contributed by atoms with Gasteiger partial charge in [-0.2, -0.15) is 0 Å². The van der Waals surface area contributed by atoms with E-state index in [0.717, 1.165) is 25.1 Å². The predicted molar refractivity (Wildman–Crippen MR) is 96.1 cm³/mol. The number of hydrogen-bond acceptors (Lipinski definition) is 5. The van der Waals surface area contributed by atoms with Crippen molar-refractivity contribution in [1.29, 1.82) is 0 Å². The highest BCUT2D eigenvalue weighted by Gasteiger charge is 2.07. The molecule has 25 heavy (non-hydrogen) atoms. The topological polar surface area (TPSA) is 70.2 Å². The summed E-state index contributed by atoms with van der Waals surface area (Å²) in [7, 11) is 4.06. The fraction of sp³-hybridized carbons (Fsp3) is 0.389. The molecule has 0 saturated heterocycles. The minimum Gasteiger partial charge on any atom is -0.369 e. The smallest absolute Gasteiger partial charge is 0.271 e. The number of halogens is 1. The molecule has 0 fully saturated rings. The van der Waals surface area contributed by atoms with Crippen LogP contribution in [0.15, 0.2) is 36.7 Å². The lowest BCUT2D eigenvalue weighted by molar-refractivity contribution is 0.0949. The molecule has 134 valence electrons. The summed E-state index contributed by atoms with van der Waals surface area (Å²) in [5, 5.41) is 5.96. The molecule has 0 unspecified atom stereocenters. The second-order valence-corrected chi connectivity index (χ2v) is 6.00. The molecule has 2 aromatic rings. The fourth-order valence-electron chi connectivity index (χ4n) is 2.21. The number of carbonyl (C=O) groups excluding carboxylic acids is 1. The van der Waals surface area contributed by atoms with Crippen LogP contribution in [-0.2, 0) is 6.42 Å².